The van der Waals surface area contributed by atoms with E-state index >= 15 is 0 Å². The van der Waals surface area contributed by atoms with Crippen molar-refractivity contribution in [2.45, 2.75) is 25.8 Å². The minimum absolute atomic E-state index is 0.0381. The van der Waals surface area contributed by atoms with Gasteiger partial charge in [0.05, 0.1) is 35.9 Å². The first kappa shape index (κ1) is 17.4. The molecule has 2 atom stereocenters. The molecule has 0 aliphatic carbocycles. The Morgan fingerprint density at radius 2 is 2.11 bits per heavy atom. The van der Waals surface area contributed by atoms with Crippen LogP contribution in [-0.2, 0) is 4.79 Å². The number of fused-ring (bicyclic) bond motifs is 1. The minimum atomic E-state index is -2.40. The van der Waals surface area contributed by atoms with Gasteiger partial charge in [0.25, 0.3) is 0 Å². The predicted molar refractivity (Wildman–Crippen MR) is 95.8 cm³/mol. The van der Waals surface area contributed by atoms with Gasteiger partial charge in [-0.25, -0.2) is 18.7 Å². The summed E-state index contributed by atoms with van der Waals surface area (Å²) >= 11 is 0. The first-order valence-electron chi connectivity index (χ1n) is 8.67. The number of carbonyl (C=O) groups is 1. The number of rotatable bonds is 6. The van der Waals surface area contributed by atoms with Crippen LogP contribution in [0.1, 0.15) is 24.9 Å². The van der Waals surface area contributed by atoms with Crippen molar-refractivity contribution in [1.82, 2.24) is 15.0 Å². The quantitative estimate of drug-likeness (QED) is 0.670. The van der Waals surface area contributed by atoms with Crippen LogP contribution < -0.4 is 9.64 Å². The van der Waals surface area contributed by atoms with Crippen molar-refractivity contribution in [1.29, 1.82) is 0 Å². The number of benzene rings is 1. The Bertz CT molecular complexity index is 958. The maximum atomic E-state index is 12.5. The number of carbonyl (C=O) groups excluding carboxylic acids is 1. The van der Waals surface area contributed by atoms with E-state index in [1.54, 1.807) is 23.5 Å². The molecule has 8 heteroatoms. The maximum absolute atomic E-state index is 12.5. The molecule has 1 aromatic carbocycles. The van der Waals surface area contributed by atoms with E-state index in [4.69, 9.17) is 4.74 Å². The Kier molecular flexibility index (Phi) is 4.47. The summed E-state index contributed by atoms with van der Waals surface area (Å²) in [5.41, 5.74) is 3.35. The Balaban J connectivity index is 1.53. The van der Waals surface area contributed by atoms with Gasteiger partial charge in [0, 0.05) is 24.4 Å². The Morgan fingerprint density at radius 1 is 1.26 bits per heavy atom. The number of alkyl halides is 2. The first-order valence-corrected chi connectivity index (χ1v) is 8.67. The minimum Gasteiger partial charge on any atom is -0.477 e. The highest BCUT2D eigenvalue weighted by atomic mass is 19.3. The van der Waals surface area contributed by atoms with Crippen molar-refractivity contribution in [2.75, 3.05) is 11.5 Å². The zero-order valence-electron chi connectivity index (χ0n) is 14.6. The first-order chi connectivity index (χ1) is 13.0. The number of amides is 1. The van der Waals surface area contributed by atoms with E-state index in [9.17, 15) is 13.6 Å². The summed E-state index contributed by atoms with van der Waals surface area (Å²) in [5, 5.41) is 0. The molecular weight excluding hydrogens is 354 g/mol. The molecule has 0 radical (unpaired) electrons. The van der Waals surface area contributed by atoms with Crippen molar-refractivity contribution >= 4 is 22.6 Å². The van der Waals surface area contributed by atoms with Crippen LogP contribution in [0.4, 0.5) is 14.5 Å². The molecule has 1 fully saturated rings. The van der Waals surface area contributed by atoms with E-state index < -0.39 is 6.43 Å². The van der Waals surface area contributed by atoms with Crippen LogP contribution in [0.15, 0.2) is 42.9 Å². The molecular formula is C19H18F2N4O2. The average Bonchev–Trinajstić information content (AvgIpc) is 3.13. The highest BCUT2D eigenvalue weighted by Crippen LogP contribution is 2.43. The number of halogens is 2. The third kappa shape index (κ3) is 3.22. The molecule has 1 N–H and O–H groups in total. The van der Waals surface area contributed by atoms with Crippen molar-refractivity contribution < 1.29 is 18.3 Å². The number of imidazole rings is 1. The lowest BCUT2D eigenvalue weighted by Crippen LogP contribution is -2.54. The van der Waals surface area contributed by atoms with Crippen LogP contribution in [0.2, 0.25) is 0 Å². The van der Waals surface area contributed by atoms with E-state index in [-0.39, 0.29) is 30.9 Å². The van der Waals surface area contributed by atoms with Crippen LogP contribution in [0, 0.1) is 5.92 Å². The fourth-order valence-electron chi connectivity index (χ4n) is 3.34. The number of pyridine rings is 1. The molecule has 4 rings (SSSR count). The van der Waals surface area contributed by atoms with Crippen molar-refractivity contribution in [3.63, 3.8) is 0 Å². The highest BCUT2D eigenvalue weighted by molar-refractivity contribution is 6.04. The largest absolute Gasteiger partial charge is 0.477 e. The normalized spacial score (nSPS) is 19.6. The molecule has 6 nitrogen and oxygen atoms in total. The van der Waals surface area contributed by atoms with E-state index in [1.165, 1.54) is 0 Å². The number of ether oxygens (including phenoxy) is 1. The van der Waals surface area contributed by atoms with Gasteiger partial charge in [-0.1, -0.05) is 13.0 Å². The molecule has 3 heterocycles. The lowest BCUT2D eigenvalue weighted by Gasteiger charge is -2.46. The zero-order chi connectivity index (χ0) is 19.0. The topological polar surface area (TPSA) is 71.1 Å². The Labute approximate surface area is 154 Å². The Hall–Kier alpha value is -3.03. The smallest absolute Gasteiger partial charge is 0.241 e. The third-order valence-corrected chi connectivity index (χ3v) is 4.75. The van der Waals surface area contributed by atoms with Crippen LogP contribution in [0.3, 0.4) is 0 Å². The molecule has 27 heavy (non-hydrogen) atoms. The number of β-lactam (4-membered cyclic amide) rings is 1. The molecule has 2 aromatic heterocycles. The summed E-state index contributed by atoms with van der Waals surface area (Å²) in [5.74, 6) is 0.161. The van der Waals surface area contributed by atoms with Gasteiger partial charge in [-0.2, -0.15) is 0 Å². The predicted octanol–water partition coefficient (Wildman–Crippen LogP) is 3.72. The molecule has 0 unspecified atom stereocenters. The second kappa shape index (κ2) is 6.94. The molecule has 0 bridgehead atoms. The number of anilines is 1. The van der Waals surface area contributed by atoms with Crippen LogP contribution in [0.25, 0.3) is 11.0 Å². The molecule has 1 saturated heterocycles. The van der Waals surface area contributed by atoms with E-state index in [0.29, 0.717) is 5.88 Å². The summed E-state index contributed by atoms with van der Waals surface area (Å²) in [6, 6.07) is 8.96. The van der Waals surface area contributed by atoms with Gasteiger partial charge in [-0.05, 0) is 23.8 Å². The van der Waals surface area contributed by atoms with Crippen LogP contribution in [0.5, 0.6) is 5.88 Å². The van der Waals surface area contributed by atoms with Crippen molar-refractivity contribution in [3.8, 4) is 5.88 Å². The number of aromatic nitrogens is 3. The second-order valence-electron chi connectivity index (χ2n) is 6.50. The van der Waals surface area contributed by atoms with Gasteiger partial charge in [-0.3, -0.25) is 4.79 Å². The summed E-state index contributed by atoms with van der Waals surface area (Å²) in [4.78, 5) is 25.6. The zero-order valence-corrected chi connectivity index (χ0v) is 14.6. The fraction of sp³-hybridized carbons (Fsp3) is 0.316. The molecule has 1 amide bonds. The number of aromatic amines is 1. The highest BCUT2D eigenvalue weighted by Gasteiger charge is 2.46. The maximum Gasteiger partial charge on any atom is 0.241 e. The fourth-order valence-corrected chi connectivity index (χ4v) is 3.34. The molecule has 1 aliphatic rings. The summed E-state index contributed by atoms with van der Waals surface area (Å²) in [6.07, 6.45) is 0.518. The summed E-state index contributed by atoms with van der Waals surface area (Å²) in [6.45, 7) is 1.80. The monoisotopic (exact) mass is 372 g/mol. The number of H-pyrrole nitrogens is 1. The van der Waals surface area contributed by atoms with Gasteiger partial charge in [0.1, 0.15) is 0 Å². The molecule has 0 spiro atoms. The number of hydrogen-bond acceptors (Lipinski definition) is 4. The second-order valence-corrected chi connectivity index (χ2v) is 6.50. The number of nitrogens with zero attached hydrogens (tertiary/aromatic N) is 3. The molecule has 1 aliphatic heterocycles. The lowest BCUT2D eigenvalue weighted by atomic mass is 9.84. The van der Waals surface area contributed by atoms with Crippen LogP contribution >= 0.6 is 0 Å². The average molecular weight is 372 g/mol. The summed E-state index contributed by atoms with van der Waals surface area (Å²) in [7, 11) is 0. The van der Waals surface area contributed by atoms with Gasteiger partial charge in [-0.15, -0.1) is 0 Å². The van der Waals surface area contributed by atoms with Crippen molar-refractivity contribution in [3.05, 3.63) is 48.4 Å². The standard InChI is InChI=1S/C19H18F2N4O2/c1-11-18(12-2-5-17(22-9-12)27-7-6-16(20)21)25(19(11)26)13-3-4-14-15(8-13)24-10-23-14/h2-5,8-11,16,18H,6-7H2,1H3,(H,23,24)/t11-,18-/m1/s1. The Morgan fingerprint density at radius 3 is 2.85 bits per heavy atom. The number of hydrogen-bond donors (Lipinski definition) is 1. The number of nitrogens with one attached hydrogen (secondary N) is 1. The molecule has 3 aromatic rings. The van der Waals surface area contributed by atoms with Gasteiger partial charge in [0.2, 0.25) is 18.2 Å². The molecule has 0 saturated carbocycles. The SMILES string of the molecule is C[C@H]1C(=O)N(c2ccc3nc[nH]c3c2)[C@H]1c1ccc(OCCC(F)F)nc1. The van der Waals surface area contributed by atoms with Gasteiger partial charge < -0.3 is 14.6 Å². The van der Waals surface area contributed by atoms with Crippen LogP contribution in [-0.4, -0.2) is 33.9 Å². The van der Waals surface area contributed by atoms with Gasteiger partial charge >= 0.3 is 0 Å². The third-order valence-electron chi connectivity index (χ3n) is 4.75. The van der Waals surface area contributed by atoms with E-state index in [0.717, 1.165) is 22.3 Å². The van der Waals surface area contributed by atoms with Gasteiger partial charge in [0.15, 0.2) is 0 Å². The molecule has 140 valence electrons. The van der Waals surface area contributed by atoms with E-state index in [2.05, 4.69) is 15.0 Å². The van der Waals surface area contributed by atoms with E-state index in [1.807, 2.05) is 31.2 Å². The summed E-state index contributed by atoms with van der Waals surface area (Å²) < 4.78 is 29.6. The lowest BCUT2D eigenvalue weighted by molar-refractivity contribution is -0.129. The van der Waals surface area contributed by atoms with Crippen molar-refractivity contribution in [2.24, 2.45) is 5.92 Å².